The highest BCUT2D eigenvalue weighted by atomic mass is 32.2. The van der Waals surface area contributed by atoms with Gasteiger partial charge in [-0.2, -0.15) is 4.31 Å². The number of rotatable bonds is 4. The van der Waals surface area contributed by atoms with E-state index in [1.54, 1.807) is 4.31 Å². The van der Waals surface area contributed by atoms with Crippen LogP contribution in [0.4, 0.5) is 5.69 Å². The van der Waals surface area contributed by atoms with Gasteiger partial charge in [-0.15, -0.1) is 0 Å². The third-order valence-corrected chi connectivity index (χ3v) is 7.97. The molecule has 2 aromatic carbocycles. The maximum atomic E-state index is 13.4. The monoisotopic (exact) mass is 386 g/mol. The van der Waals surface area contributed by atoms with Crippen LogP contribution in [0.25, 0.3) is 0 Å². The predicted molar refractivity (Wildman–Crippen MR) is 102 cm³/mol. The van der Waals surface area contributed by atoms with Crippen LogP contribution in [-0.2, 0) is 10.0 Å². The van der Waals surface area contributed by atoms with Gasteiger partial charge in [-0.1, -0.05) is 43.2 Å². The molecular formula is C20H22N2O4S. The number of benzene rings is 2. The van der Waals surface area contributed by atoms with E-state index in [0.717, 1.165) is 32.1 Å². The number of non-ortho nitro benzene ring substituents is 1. The van der Waals surface area contributed by atoms with Crippen LogP contribution in [-0.4, -0.2) is 29.7 Å². The maximum absolute atomic E-state index is 13.4. The fourth-order valence-electron chi connectivity index (χ4n) is 4.67. The molecule has 0 N–H and O–H groups in total. The molecule has 0 aromatic heterocycles. The Kier molecular flexibility index (Phi) is 4.52. The summed E-state index contributed by atoms with van der Waals surface area (Å²) in [5, 5.41) is 10.9. The number of nitro benzene ring substituents is 1. The molecule has 1 aliphatic carbocycles. The fourth-order valence-corrected chi connectivity index (χ4v) is 6.55. The van der Waals surface area contributed by atoms with Crippen LogP contribution in [0.2, 0.25) is 0 Å². The molecular weight excluding hydrogens is 364 g/mol. The Morgan fingerprint density at radius 2 is 1.63 bits per heavy atom. The number of hydrogen-bond acceptors (Lipinski definition) is 4. The van der Waals surface area contributed by atoms with Crippen molar-refractivity contribution in [1.29, 1.82) is 0 Å². The second kappa shape index (κ2) is 6.73. The predicted octanol–water partition coefficient (Wildman–Crippen LogP) is 4.09. The summed E-state index contributed by atoms with van der Waals surface area (Å²) < 4.78 is 28.5. The third kappa shape index (κ3) is 3.15. The average Bonchev–Trinajstić information content (AvgIpc) is 3.30. The minimum absolute atomic E-state index is 0.104. The Morgan fingerprint density at radius 1 is 1.00 bits per heavy atom. The summed E-state index contributed by atoms with van der Waals surface area (Å²) in [5.41, 5.74) is 0.736. The van der Waals surface area contributed by atoms with E-state index in [1.807, 2.05) is 18.2 Å². The Labute approximate surface area is 159 Å². The van der Waals surface area contributed by atoms with Gasteiger partial charge >= 0.3 is 0 Å². The molecule has 1 saturated carbocycles. The molecule has 1 atom stereocenters. The van der Waals surface area contributed by atoms with E-state index in [-0.39, 0.29) is 22.0 Å². The minimum Gasteiger partial charge on any atom is -0.258 e. The van der Waals surface area contributed by atoms with Crippen LogP contribution in [0.5, 0.6) is 0 Å². The largest absolute Gasteiger partial charge is 0.269 e. The van der Waals surface area contributed by atoms with Crippen molar-refractivity contribution in [1.82, 2.24) is 4.31 Å². The molecule has 1 unspecified atom stereocenters. The number of hydrogen-bond donors (Lipinski definition) is 0. The van der Waals surface area contributed by atoms with Gasteiger partial charge in [0.2, 0.25) is 10.0 Å². The van der Waals surface area contributed by atoms with Crippen molar-refractivity contribution in [2.75, 3.05) is 6.54 Å². The van der Waals surface area contributed by atoms with Crippen molar-refractivity contribution in [2.24, 2.45) is 0 Å². The van der Waals surface area contributed by atoms with Gasteiger partial charge in [0.15, 0.2) is 0 Å². The molecule has 4 rings (SSSR count). The highest BCUT2D eigenvalue weighted by Crippen LogP contribution is 2.50. The van der Waals surface area contributed by atoms with E-state index in [2.05, 4.69) is 12.1 Å². The number of nitro groups is 1. The maximum Gasteiger partial charge on any atom is 0.269 e. The summed E-state index contributed by atoms with van der Waals surface area (Å²) >= 11 is 0. The molecule has 6 nitrogen and oxygen atoms in total. The molecule has 27 heavy (non-hydrogen) atoms. The molecule has 1 aliphatic heterocycles. The van der Waals surface area contributed by atoms with Crippen molar-refractivity contribution in [3.05, 3.63) is 70.3 Å². The molecule has 1 heterocycles. The number of sulfonamides is 1. The molecule has 7 heteroatoms. The van der Waals surface area contributed by atoms with E-state index in [9.17, 15) is 18.5 Å². The van der Waals surface area contributed by atoms with Gasteiger partial charge in [0.05, 0.1) is 9.82 Å². The Morgan fingerprint density at radius 3 is 2.22 bits per heavy atom. The Bertz CT molecular complexity index is 936. The smallest absolute Gasteiger partial charge is 0.258 e. The average molecular weight is 386 g/mol. The zero-order valence-corrected chi connectivity index (χ0v) is 15.8. The van der Waals surface area contributed by atoms with Gasteiger partial charge in [0.1, 0.15) is 0 Å². The van der Waals surface area contributed by atoms with Gasteiger partial charge in [-0.3, -0.25) is 10.1 Å². The van der Waals surface area contributed by atoms with Crippen molar-refractivity contribution in [2.45, 2.75) is 48.5 Å². The molecule has 0 radical (unpaired) electrons. The van der Waals surface area contributed by atoms with E-state index < -0.39 is 14.9 Å². The van der Waals surface area contributed by atoms with Crippen molar-refractivity contribution in [3.8, 4) is 0 Å². The topological polar surface area (TPSA) is 80.5 Å². The lowest BCUT2D eigenvalue weighted by Crippen LogP contribution is -2.45. The lowest BCUT2D eigenvalue weighted by Gasteiger charge is -2.33. The van der Waals surface area contributed by atoms with Crippen molar-refractivity contribution < 1.29 is 13.3 Å². The second-order valence-corrected chi connectivity index (χ2v) is 9.39. The van der Waals surface area contributed by atoms with Crippen LogP contribution < -0.4 is 0 Å². The molecule has 2 aliphatic rings. The summed E-state index contributed by atoms with van der Waals surface area (Å²) in [7, 11) is -3.70. The highest BCUT2D eigenvalue weighted by molar-refractivity contribution is 7.89. The van der Waals surface area contributed by atoms with Crippen LogP contribution in [0.3, 0.4) is 0 Å². The summed E-state index contributed by atoms with van der Waals surface area (Å²) in [6.07, 6.45) is 4.66. The molecule has 1 saturated heterocycles. The zero-order valence-electron chi connectivity index (χ0n) is 15.0. The highest BCUT2D eigenvalue weighted by Gasteiger charge is 2.52. The minimum atomic E-state index is -3.70. The first-order valence-electron chi connectivity index (χ1n) is 9.25. The second-order valence-electron chi connectivity index (χ2n) is 7.53. The van der Waals surface area contributed by atoms with Gasteiger partial charge in [-0.05, 0) is 42.9 Å². The normalized spacial score (nSPS) is 22.3. The molecule has 142 valence electrons. The molecule has 2 fully saturated rings. The summed E-state index contributed by atoms with van der Waals surface area (Å²) in [5.74, 6) is 0.178. The molecule has 0 bridgehead atoms. The van der Waals surface area contributed by atoms with Crippen LogP contribution >= 0.6 is 0 Å². The Hall–Kier alpha value is -2.25. The standard InChI is InChI=1S/C20H22N2O4S/c23-22(24)18-8-10-19(11-9-18)27(25,26)21-15-17(16-6-2-1-3-7-16)14-20(21)12-4-5-13-20/h1-3,6-11,17H,4-5,12-15H2. The zero-order chi connectivity index (χ0) is 19.1. The summed E-state index contributed by atoms with van der Waals surface area (Å²) in [4.78, 5) is 10.5. The lowest BCUT2D eigenvalue weighted by molar-refractivity contribution is -0.384. The number of nitrogens with zero attached hydrogens (tertiary/aromatic N) is 2. The molecule has 1 spiro atoms. The van der Waals surface area contributed by atoms with E-state index in [0.29, 0.717) is 6.54 Å². The van der Waals surface area contributed by atoms with Crippen LogP contribution in [0.1, 0.15) is 43.6 Å². The van der Waals surface area contributed by atoms with Gasteiger partial charge < -0.3 is 0 Å². The SMILES string of the molecule is O=[N+]([O-])c1ccc(S(=O)(=O)N2CC(c3ccccc3)CC23CCCC3)cc1. The van der Waals surface area contributed by atoms with E-state index in [4.69, 9.17) is 0 Å². The molecule has 2 aromatic rings. The quantitative estimate of drug-likeness (QED) is 0.586. The Balaban J connectivity index is 1.70. The van der Waals surface area contributed by atoms with Crippen molar-refractivity contribution in [3.63, 3.8) is 0 Å². The van der Waals surface area contributed by atoms with Gasteiger partial charge in [0, 0.05) is 24.2 Å². The van der Waals surface area contributed by atoms with Gasteiger partial charge in [0.25, 0.3) is 5.69 Å². The third-order valence-electron chi connectivity index (χ3n) is 5.98. The fraction of sp³-hybridized carbons (Fsp3) is 0.400. The first-order valence-corrected chi connectivity index (χ1v) is 10.7. The lowest BCUT2D eigenvalue weighted by atomic mass is 9.88. The summed E-state index contributed by atoms with van der Waals surface area (Å²) in [6, 6.07) is 15.3. The summed E-state index contributed by atoms with van der Waals surface area (Å²) in [6.45, 7) is 0.462. The van der Waals surface area contributed by atoms with E-state index in [1.165, 1.54) is 29.8 Å². The van der Waals surface area contributed by atoms with Crippen molar-refractivity contribution >= 4 is 15.7 Å². The molecule has 0 amide bonds. The first kappa shape index (κ1) is 18.1. The van der Waals surface area contributed by atoms with Crippen LogP contribution in [0.15, 0.2) is 59.5 Å². The van der Waals surface area contributed by atoms with Gasteiger partial charge in [-0.25, -0.2) is 8.42 Å². The van der Waals surface area contributed by atoms with Crippen LogP contribution in [0, 0.1) is 10.1 Å². The van der Waals surface area contributed by atoms with E-state index >= 15 is 0 Å². The first-order chi connectivity index (χ1) is 12.9.